The molecule has 318 valence electrons. The van der Waals surface area contributed by atoms with E-state index in [-0.39, 0.29) is 37.3 Å². The van der Waals surface area contributed by atoms with E-state index in [0.717, 1.165) is 33.6 Å². The van der Waals surface area contributed by atoms with Crippen molar-refractivity contribution in [2.45, 2.75) is 81.4 Å². The number of nitrogens with zero attached hydrogens (tertiary/aromatic N) is 5. The Bertz CT molecular complexity index is 3150. The zero-order chi connectivity index (χ0) is 42.7. The van der Waals surface area contributed by atoms with Crippen molar-refractivity contribution in [1.29, 1.82) is 0 Å². The summed E-state index contributed by atoms with van der Waals surface area (Å²) in [5.41, 5.74) is 12.7. The molecule has 6 nitrogen and oxygen atoms in total. The van der Waals surface area contributed by atoms with Crippen LogP contribution in [0.3, 0.4) is 0 Å². The minimum atomic E-state index is -0.195. The van der Waals surface area contributed by atoms with Gasteiger partial charge in [0.2, 0.25) is 0 Å². The van der Waals surface area contributed by atoms with Crippen molar-refractivity contribution in [3.8, 4) is 17.3 Å². The maximum atomic E-state index is 6.60. The van der Waals surface area contributed by atoms with Crippen LogP contribution in [-0.4, -0.2) is 9.55 Å². The van der Waals surface area contributed by atoms with E-state index < -0.39 is 0 Å². The number of fused-ring (bicyclic) bond motifs is 7. The Morgan fingerprint density at radius 1 is 0.651 bits per heavy atom. The van der Waals surface area contributed by atoms with Crippen LogP contribution in [0.2, 0.25) is 0 Å². The Morgan fingerprint density at radius 3 is 2.19 bits per heavy atom. The third kappa shape index (κ3) is 6.87. The van der Waals surface area contributed by atoms with Crippen molar-refractivity contribution >= 4 is 62.0 Å². The van der Waals surface area contributed by atoms with Gasteiger partial charge >= 0.3 is 0 Å². The second-order valence-electron chi connectivity index (χ2n) is 19.2. The number of benzene rings is 6. The molecule has 0 atom stereocenters. The number of hydrogen-bond donors (Lipinski definition) is 0. The third-order valence-corrected chi connectivity index (χ3v) is 13.7. The van der Waals surface area contributed by atoms with Gasteiger partial charge in [-0.3, -0.25) is 0 Å². The van der Waals surface area contributed by atoms with E-state index in [1.807, 2.05) is 36.2 Å². The zero-order valence-electron chi connectivity index (χ0n) is 36.7. The van der Waals surface area contributed by atoms with E-state index in [2.05, 4.69) is 209 Å². The minimum Gasteiger partial charge on any atom is -0.509 e. The Labute approximate surface area is 389 Å². The van der Waals surface area contributed by atoms with Crippen LogP contribution >= 0.6 is 11.8 Å². The molecular weight excluding hydrogens is 974 g/mol. The maximum absolute atomic E-state index is 6.60. The van der Waals surface area contributed by atoms with E-state index in [1.165, 1.54) is 54.5 Å². The monoisotopic (exact) mass is 1020 g/mol. The number of rotatable bonds is 5. The van der Waals surface area contributed by atoms with E-state index in [1.54, 1.807) is 0 Å². The molecule has 0 spiro atoms. The summed E-state index contributed by atoms with van der Waals surface area (Å²) in [4.78, 5) is 14.2. The van der Waals surface area contributed by atoms with Crippen molar-refractivity contribution in [3.63, 3.8) is 0 Å². The quantitative estimate of drug-likeness (QED) is 0.160. The smallest absolute Gasteiger partial charge is 0.135 e. The summed E-state index contributed by atoms with van der Waals surface area (Å²) < 4.78 is 8.82. The van der Waals surface area contributed by atoms with Gasteiger partial charge in [0, 0.05) is 65.2 Å². The van der Waals surface area contributed by atoms with Gasteiger partial charge in [0.15, 0.2) is 0 Å². The fraction of sp³-hybridized carbons (Fsp3) is 0.200. The van der Waals surface area contributed by atoms with Gasteiger partial charge in [0.05, 0.1) is 17.1 Å². The first-order valence-corrected chi connectivity index (χ1v) is 22.2. The van der Waals surface area contributed by atoms with Crippen LogP contribution in [0, 0.1) is 18.8 Å². The van der Waals surface area contributed by atoms with E-state index in [9.17, 15) is 0 Å². The van der Waals surface area contributed by atoms with Gasteiger partial charge < -0.3 is 24.0 Å². The van der Waals surface area contributed by atoms with Crippen molar-refractivity contribution in [2.24, 2.45) is 0 Å². The summed E-state index contributed by atoms with van der Waals surface area (Å²) in [6.07, 6.45) is 6.11. The first-order chi connectivity index (χ1) is 29.7. The number of pyridine rings is 1. The summed E-state index contributed by atoms with van der Waals surface area (Å²) in [5, 5.41) is 2.28. The molecule has 2 aromatic heterocycles. The summed E-state index contributed by atoms with van der Waals surface area (Å²) in [7, 11) is 0. The van der Waals surface area contributed by atoms with Crippen LogP contribution in [0.1, 0.15) is 77.6 Å². The Balaban J connectivity index is 0.00000471. The molecule has 3 aliphatic heterocycles. The molecular formula is C55H48N5OPtS-3. The molecule has 63 heavy (non-hydrogen) atoms. The van der Waals surface area contributed by atoms with Gasteiger partial charge in [-0.25, -0.2) is 4.98 Å². The number of anilines is 5. The normalized spacial score (nSPS) is 15.0. The first-order valence-electron chi connectivity index (χ1n) is 21.4. The summed E-state index contributed by atoms with van der Waals surface area (Å²) in [5.74, 6) is 2.08. The standard InChI is InChI=1S/C55H48N5OS.Pt/c1-53(2,3)35-20-23-45-42(28-35)41-22-21-40(33-48(41)59(45)51-29-36(24-25-56-51)54(4,5)6)61-39-15-13-14-37(30-39)57-26-27-58(34-57)38-31-44-52-50(32-38)62-49-19-12-11-18-47(49)60(52)46-17-10-9-16-43(46)55(44,7)8;/h9-29,31-32,34H,1-8H3;/q-3;. The van der Waals surface area contributed by atoms with Crippen LogP contribution < -0.4 is 19.4 Å². The SMILES string of the molecule is CC(C)(C)c1ccnc(-n2c3[c-]c(Oc4[c-]c(N5C=CN(c6cc7c8c(c6)C(C)(C)c6ccccc6N8c6ccccc6S7)[CH-]5)ccc4)ccc3c3cc(C(C)(C)C)ccc32)c1.[Pt]. The van der Waals surface area contributed by atoms with Crippen molar-refractivity contribution < 1.29 is 25.8 Å². The molecule has 6 aromatic carbocycles. The molecule has 8 aromatic rings. The molecule has 0 fully saturated rings. The van der Waals surface area contributed by atoms with Gasteiger partial charge in [-0.1, -0.05) is 115 Å². The molecule has 5 heterocycles. The van der Waals surface area contributed by atoms with Crippen LogP contribution in [0.25, 0.3) is 27.6 Å². The molecule has 0 bridgehead atoms. The largest absolute Gasteiger partial charge is 0.509 e. The Kier molecular flexibility index (Phi) is 9.78. The molecule has 11 rings (SSSR count). The average molecular weight is 1020 g/mol. The van der Waals surface area contributed by atoms with Gasteiger partial charge in [-0.2, -0.15) is 12.1 Å². The van der Waals surface area contributed by atoms with Gasteiger partial charge in [0.25, 0.3) is 0 Å². The summed E-state index contributed by atoms with van der Waals surface area (Å²) >= 11 is 1.85. The van der Waals surface area contributed by atoms with Crippen molar-refractivity contribution in [1.82, 2.24) is 9.55 Å². The Morgan fingerprint density at radius 2 is 1.38 bits per heavy atom. The summed E-state index contributed by atoms with van der Waals surface area (Å²) in [6, 6.07) is 50.8. The van der Waals surface area contributed by atoms with Crippen LogP contribution in [0.5, 0.6) is 11.5 Å². The number of hydrogen-bond acceptors (Lipinski definition) is 6. The molecule has 0 amide bonds. The molecule has 0 radical (unpaired) electrons. The topological polar surface area (TPSA) is 36.8 Å². The fourth-order valence-electron chi connectivity index (χ4n) is 9.20. The number of aromatic nitrogens is 2. The second-order valence-corrected chi connectivity index (χ2v) is 20.3. The molecule has 3 aliphatic rings. The van der Waals surface area contributed by atoms with Gasteiger partial charge in [-0.05, 0) is 99.4 Å². The van der Waals surface area contributed by atoms with E-state index in [0.29, 0.717) is 11.5 Å². The second kappa shape index (κ2) is 14.9. The predicted octanol–water partition coefficient (Wildman–Crippen LogP) is 14.7. The molecule has 0 unspecified atom stereocenters. The summed E-state index contributed by atoms with van der Waals surface area (Å²) in [6.45, 7) is 20.3. The van der Waals surface area contributed by atoms with E-state index >= 15 is 0 Å². The van der Waals surface area contributed by atoms with Crippen molar-refractivity contribution in [2.75, 3.05) is 14.7 Å². The number of para-hydroxylation sites is 2. The number of ether oxygens (including phenoxy) is 1. The minimum absolute atomic E-state index is 0. The van der Waals surface area contributed by atoms with E-state index in [4.69, 9.17) is 9.72 Å². The molecule has 0 N–H and O–H groups in total. The molecule has 8 heteroatoms. The van der Waals surface area contributed by atoms with Crippen LogP contribution in [0.15, 0.2) is 150 Å². The third-order valence-electron chi connectivity index (χ3n) is 12.6. The van der Waals surface area contributed by atoms with Crippen LogP contribution in [-0.2, 0) is 37.3 Å². The fourth-order valence-corrected chi connectivity index (χ4v) is 10.3. The molecule has 0 saturated heterocycles. The molecule has 0 aliphatic carbocycles. The van der Waals surface area contributed by atoms with Crippen LogP contribution in [0.4, 0.5) is 28.4 Å². The zero-order valence-corrected chi connectivity index (χ0v) is 39.8. The van der Waals surface area contributed by atoms with Gasteiger partial charge in [0.1, 0.15) is 5.82 Å². The van der Waals surface area contributed by atoms with Gasteiger partial charge in [-0.15, -0.1) is 48.1 Å². The Hall–Kier alpha value is -5.75. The van der Waals surface area contributed by atoms with Crippen molar-refractivity contribution in [3.05, 3.63) is 181 Å². The average Bonchev–Trinajstić information content (AvgIpc) is 3.88. The maximum Gasteiger partial charge on any atom is 0.135 e. The molecule has 0 saturated carbocycles. The predicted molar refractivity (Wildman–Crippen MR) is 256 cm³/mol. The first kappa shape index (κ1) is 41.3.